The largest absolute Gasteiger partial charge is 0.414 e. The van der Waals surface area contributed by atoms with E-state index in [0.29, 0.717) is 17.1 Å². The minimum absolute atomic E-state index is 0.0216. The lowest BCUT2D eigenvalue weighted by atomic mass is 9.77. The third kappa shape index (κ3) is 5.57. The van der Waals surface area contributed by atoms with E-state index in [1.54, 1.807) is 15.9 Å². The predicted octanol–water partition coefficient (Wildman–Crippen LogP) is 6.54. The molecule has 40 heavy (non-hydrogen) atoms. The summed E-state index contributed by atoms with van der Waals surface area (Å²) in [6, 6.07) is 0. The lowest BCUT2D eigenvalue weighted by Crippen LogP contribution is -2.44. The molecule has 9 nitrogen and oxygen atoms in total. The topological polar surface area (TPSA) is 107 Å². The molecule has 0 aromatic carbocycles. The van der Waals surface area contributed by atoms with Crippen molar-refractivity contribution in [2.45, 2.75) is 107 Å². The normalized spacial score (nSPS) is 36.7. The minimum atomic E-state index is -2.89. The number of imidazole rings is 1. The van der Waals surface area contributed by atoms with Crippen LogP contribution in [-0.2, 0) is 30.0 Å². The monoisotopic (exact) mass is 629 g/mol. The van der Waals surface area contributed by atoms with E-state index in [4.69, 9.17) is 35.8 Å². The van der Waals surface area contributed by atoms with Gasteiger partial charge in [0.15, 0.2) is 32.2 Å². The zero-order chi connectivity index (χ0) is 29.3. The first-order chi connectivity index (χ1) is 18.5. The standard InChI is InChI=1S/C26H41FN5O4PS2Si/c1-15(2)16-9-10-26(6)18(11-16)35-37(38,39-26)36-21-17(12-33-40(7,8)25(3,4)5)34-24(19(21)27)32-14-31-20-22(28)29-13-30-23(20)32/h13-14,16-19,21,24H,1,9-12H2,2-8H3,(H2,28,29,30)/t16-,17-,18+,19-,21-,24-,26+,37-/m1/s1. The number of fused-ring (bicyclic) bond motifs is 2. The predicted molar refractivity (Wildman–Crippen MR) is 164 cm³/mol. The number of alkyl halides is 1. The molecule has 222 valence electrons. The second kappa shape index (κ2) is 10.7. The van der Waals surface area contributed by atoms with Crippen molar-refractivity contribution in [2.24, 2.45) is 5.92 Å². The van der Waals surface area contributed by atoms with Crippen LogP contribution in [0.4, 0.5) is 10.2 Å². The number of rotatable bonds is 7. The number of anilines is 1. The van der Waals surface area contributed by atoms with Crippen LogP contribution in [0.1, 0.15) is 60.1 Å². The Bertz CT molecular complexity index is 1340. The van der Waals surface area contributed by atoms with Gasteiger partial charge in [0.05, 0.1) is 19.0 Å². The second-order valence-electron chi connectivity index (χ2n) is 13.0. The Labute approximate surface area is 246 Å². The van der Waals surface area contributed by atoms with Crippen molar-refractivity contribution in [3.05, 3.63) is 24.8 Å². The fourth-order valence-corrected chi connectivity index (χ4v) is 13.9. The average Bonchev–Trinajstić information content (AvgIpc) is 3.48. The molecule has 4 heterocycles. The molecule has 8 atom stereocenters. The zero-order valence-electron chi connectivity index (χ0n) is 24.3. The lowest BCUT2D eigenvalue weighted by Gasteiger charge is -2.37. The summed E-state index contributed by atoms with van der Waals surface area (Å²) >= 11 is 7.62. The van der Waals surface area contributed by atoms with Crippen molar-refractivity contribution < 1.29 is 22.6 Å². The molecule has 14 heteroatoms. The summed E-state index contributed by atoms with van der Waals surface area (Å²) in [5.41, 5.74) is 5.03. The molecule has 1 aliphatic carbocycles. The van der Waals surface area contributed by atoms with Gasteiger partial charge in [0.1, 0.15) is 24.1 Å². The van der Waals surface area contributed by atoms with Crippen LogP contribution < -0.4 is 5.73 Å². The fourth-order valence-electron chi connectivity index (χ4n) is 5.32. The van der Waals surface area contributed by atoms with E-state index in [9.17, 15) is 0 Å². The quantitative estimate of drug-likeness (QED) is 0.206. The highest BCUT2D eigenvalue weighted by Gasteiger charge is 2.57. The first kappa shape index (κ1) is 30.5. The molecule has 0 unspecified atom stereocenters. The number of hydrogen-bond acceptors (Lipinski definition) is 10. The fraction of sp³-hybridized carbons (Fsp3) is 0.731. The number of nitrogens with two attached hydrogens (primary N) is 1. The van der Waals surface area contributed by atoms with Gasteiger partial charge in [-0.1, -0.05) is 44.3 Å². The van der Waals surface area contributed by atoms with Crippen molar-refractivity contribution in [3.8, 4) is 0 Å². The van der Waals surface area contributed by atoms with Gasteiger partial charge in [-0.2, -0.15) is 0 Å². The first-order valence-electron chi connectivity index (χ1n) is 13.7. The maximum atomic E-state index is 16.5. The number of allylic oxidation sites excluding steroid dienone is 1. The van der Waals surface area contributed by atoms with Gasteiger partial charge in [-0.15, -0.1) is 0 Å². The van der Waals surface area contributed by atoms with Gasteiger partial charge >= 0.3 is 0 Å². The Morgan fingerprint density at radius 1 is 1.38 bits per heavy atom. The molecule has 2 aromatic heterocycles. The Morgan fingerprint density at radius 3 is 2.77 bits per heavy atom. The van der Waals surface area contributed by atoms with Gasteiger partial charge in [0.2, 0.25) is 5.69 Å². The van der Waals surface area contributed by atoms with Crippen molar-refractivity contribution >= 4 is 54.2 Å². The number of ether oxygens (including phenoxy) is 1. The molecule has 0 radical (unpaired) electrons. The molecule has 3 fully saturated rings. The molecule has 0 bridgehead atoms. The highest BCUT2D eigenvalue weighted by atomic mass is 32.9. The van der Waals surface area contributed by atoms with E-state index in [0.717, 1.165) is 24.8 Å². The van der Waals surface area contributed by atoms with E-state index in [1.807, 2.05) is 0 Å². The van der Waals surface area contributed by atoms with Crippen LogP contribution in [0.2, 0.25) is 18.1 Å². The van der Waals surface area contributed by atoms with Crippen LogP contribution in [0.15, 0.2) is 24.8 Å². The van der Waals surface area contributed by atoms with E-state index in [1.165, 1.54) is 12.7 Å². The molecule has 2 aromatic rings. The first-order valence-corrected chi connectivity index (χ1v) is 20.7. The van der Waals surface area contributed by atoms with Crippen molar-refractivity contribution in [1.29, 1.82) is 0 Å². The SMILES string of the molecule is C=C(C)[C@@H]1CC[C@]2(C)S[P@@](=S)(O[C@H]3[C@@H](F)[C@H](n4cnc5c(N)ncnc54)O[C@@H]3CO[Si](C)(C)C(C)(C)C)O[C@H]2C1. The minimum Gasteiger partial charge on any atom is -0.414 e. The molecule has 5 rings (SSSR count). The van der Waals surface area contributed by atoms with Gasteiger partial charge in [-0.3, -0.25) is 4.57 Å². The van der Waals surface area contributed by atoms with E-state index in [2.05, 4.69) is 69.2 Å². The number of halogens is 1. The summed E-state index contributed by atoms with van der Waals surface area (Å²) in [6.45, 7) is 19.4. The van der Waals surface area contributed by atoms with Crippen LogP contribution in [0.5, 0.6) is 0 Å². The third-order valence-corrected chi connectivity index (χ3v) is 19.3. The van der Waals surface area contributed by atoms with Crippen LogP contribution in [-0.4, -0.2) is 63.7 Å². The number of hydrogen-bond donors (Lipinski definition) is 1. The van der Waals surface area contributed by atoms with Gasteiger partial charge in [-0.05, 0) is 69.0 Å². The Morgan fingerprint density at radius 2 is 2.10 bits per heavy atom. The van der Waals surface area contributed by atoms with Gasteiger partial charge in [0.25, 0.3) is 0 Å². The third-order valence-electron chi connectivity index (χ3n) is 9.04. The summed E-state index contributed by atoms with van der Waals surface area (Å²) in [6.07, 6.45) is 1.30. The highest BCUT2D eigenvalue weighted by Crippen LogP contribution is 2.76. The Balaban J connectivity index is 1.42. The van der Waals surface area contributed by atoms with E-state index >= 15 is 4.39 Å². The lowest BCUT2D eigenvalue weighted by molar-refractivity contribution is -0.0413. The Kier molecular flexibility index (Phi) is 8.14. The molecular formula is C26H41FN5O4PS2Si. The number of nitrogens with zero attached hydrogens (tertiary/aromatic N) is 4. The summed E-state index contributed by atoms with van der Waals surface area (Å²) < 4.78 is 43.8. The summed E-state index contributed by atoms with van der Waals surface area (Å²) in [5.74, 6) is 0.612. The van der Waals surface area contributed by atoms with Crippen LogP contribution in [0, 0.1) is 5.92 Å². The van der Waals surface area contributed by atoms with Gasteiger partial charge in [-0.25, -0.2) is 19.3 Å². The van der Waals surface area contributed by atoms with Crippen molar-refractivity contribution in [1.82, 2.24) is 19.5 Å². The van der Waals surface area contributed by atoms with E-state index < -0.39 is 38.6 Å². The number of aromatic nitrogens is 4. The van der Waals surface area contributed by atoms with Crippen molar-refractivity contribution in [3.63, 3.8) is 0 Å². The summed E-state index contributed by atoms with van der Waals surface area (Å²) in [4.78, 5) is 12.6. The summed E-state index contributed by atoms with van der Waals surface area (Å²) in [7, 11) is -2.16. The Hall–Kier alpha value is -0.923. The van der Waals surface area contributed by atoms with E-state index in [-0.39, 0.29) is 28.3 Å². The molecular weight excluding hydrogens is 589 g/mol. The summed E-state index contributed by atoms with van der Waals surface area (Å²) in [5, 5.41) is -0.0216. The smallest absolute Gasteiger partial charge is 0.248 e. The molecule has 0 spiro atoms. The van der Waals surface area contributed by atoms with Gasteiger partial charge < -0.3 is 23.9 Å². The number of nitrogen functional groups attached to an aromatic ring is 1. The molecule has 3 aliphatic rings. The zero-order valence-corrected chi connectivity index (χ0v) is 27.8. The highest BCUT2D eigenvalue weighted by molar-refractivity contribution is 8.68. The maximum Gasteiger partial charge on any atom is 0.248 e. The molecule has 2 aliphatic heterocycles. The maximum absolute atomic E-state index is 16.5. The average molecular weight is 630 g/mol. The van der Waals surface area contributed by atoms with Crippen LogP contribution in [0.25, 0.3) is 11.2 Å². The van der Waals surface area contributed by atoms with Crippen molar-refractivity contribution in [2.75, 3.05) is 12.3 Å². The van der Waals surface area contributed by atoms with Crippen LogP contribution in [0.3, 0.4) is 0 Å². The molecule has 0 amide bonds. The molecule has 2 N–H and O–H groups in total. The van der Waals surface area contributed by atoms with Gasteiger partial charge in [0, 0.05) is 4.75 Å². The van der Waals surface area contributed by atoms with Crippen LogP contribution >= 0.6 is 17.1 Å². The molecule has 1 saturated carbocycles. The second-order valence-corrected chi connectivity index (χ2v) is 24.4. The molecule has 2 saturated heterocycles.